The number of aryl methyl sites for hydroxylation is 4. The van der Waals surface area contributed by atoms with E-state index in [-0.39, 0.29) is 54.0 Å². The van der Waals surface area contributed by atoms with E-state index in [1.807, 2.05) is 36.4 Å². The molecule has 2 heterocycles. The van der Waals surface area contributed by atoms with Crippen molar-refractivity contribution < 1.29 is 41.0 Å². The molecule has 424 valence electrons. The third-order valence-electron chi connectivity index (χ3n) is 13.9. The number of aliphatic carboxylic acids is 1. The van der Waals surface area contributed by atoms with Gasteiger partial charge in [0.15, 0.2) is 0 Å². The molecule has 2 fully saturated rings. The zero-order chi connectivity index (χ0) is 55.6. The summed E-state index contributed by atoms with van der Waals surface area (Å²) in [6, 6.07) is 22.9. The quantitative estimate of drug-likeness (QED) is 0.0673. The highest BCUT2D eigenvalue weighted by atomic mass is 35.5. The van der Waals surface area contributed by atoms with Crippen LogP contribution in [0.5, 0.6) is 11.5 Å². The third kappa shape index (κ3) is 19.7. The Morgan fingerprint density at radius 1 is 0.592 bits per heavy atom. The van der Waals surface area contributed by atoms with Gasteiger partial charge in [0.1, 0.15) is 11.5 Å². The molecule has 0 aliphatic carbocycles. The number of carboxylic acids is 1. The number of amides is 1. The van der Waals surface area contributed by atoms with Crippen LogP contribution in [0.3, 0.4) is 0 Å². The summed E-state index contributed by atoms with van der Waals surface area (Å²) in [5.41, 5.74) is 12.1. The summed E-state index contributed by atoms with van der Waals surface area (Å²) in [5.74, 6) is 1.64. The molecular formula is C56H87ClN8O9S2. The first kappa shape index (κ1) is 65.1. The van der Waals surface area contributed by atoms with E-state index in [1.165, 1.54) is 95.0 Å². The average Bonchev–Trinajstić information content (AvgIpc) is 3.36. The Labute approximate surface area is 461 Å². The number of hydrogen-bond donors (Lipinski definition) is 3. The molecule has 0 saturated carbocycles. The number of piperidine rings is 2. The molecule has 2 aliphatic heterocycles. The fraction of sp³-hybridized carbons (Fsp3) is 0.536. The number of nitrogen functional groups attached to an aromatic ring is 1. The van der Waals surface area contributed by atoms with Crippen molar-refractivity contribution in [1.29, 1.82) is 0 Å². The van der Waals surface area contributed by atoms with Gasteiger partial charge in [-0.15, -0.1) is 12.4 Å². The number of sulfonamides is 2. The van der Waals surface area contributed by atoms with Crippen molar-refractivity contribution in [3.8, 4) is 11.5 Å². The second-order valence-corrected chi connectivity index (χ2v) is 24.4. The lowest BCUT2D eigenvalue weighted by Gasteiger charge is -2.34. The molecule has 20 heteroatoms. The molecule has 0 radical (unpaired) electrons. The second-order valence-electron chi connectivity index (χ2n) is 20.5. The molecule has 4 N–H and O–H groups in total. The van der Waals surface area contributed by atoms with Crippen LogP contribution in [-0.2, 0) is 29.6 Å². The number of carboxylic acid groups (broad SMARTS) is 1. The van der Waals surface area contributed by atoms with Crippen LogP contribution >= 0.6 is 12.4 Å². The number of carbonyl (C=O) groups excluding carboxylic acids is 1. The number of halogens is 1. The number of carbonyl (C=O) groups is 2. The number of nitrogens with zero attached hydrogens (tertiary/aromatic N) is 6. The molecule has 2 aliphatic rings. The van der Waals surface area contributed by atoms with Crippen molar-refractivity contribution >= 4 is 67.1 Å². The van der Waals surface area contributed by atoms with Crippen LogP contribution in [0.2, 0.25) is 0 Å². The fourth-order valence-electron chi connectivity index (χ4n) is 9.44. The monoisotopic (exact) mass is 1110 g/mol. The van der Waals surface area contributed by atoms with Crippen LogP contribution in [0.15, 0.2) is 82.6 Å². The SMILES string of the molecule is CN(C)CCC1CCN(c2ccc(N)cc2)CC1.COc1cc(C)c(S(=O)(=O)N(C)CCC(=O)Nc2ccc(N3CCC(CCN(C)C)CC3)cc2)c(C)c1.COc1cc(C)c(S(=O)(=O)N(C)CCC(=O)O)c(C)c1.Cl. The zero-order valence-electron chi connectivity index (χ0n) is 47.1. The predicted molar refractivity (Wildman–Crippen MR) is 311 cm³/mol. The third-order valence-corrected chi connectivity index (χ3v) is 18.3. The minimum Gasteiger partial charge on any atom is -0.497 e. The maximum atomic E-state index is 13.2. The Bertz CT molecular complexity index is 2630. The van der Waals surface area contributed by atoms with E-state index in [4.69, 9.17) is 20.3 Å². The van der Waals surface area contributed by atoms with Crippen molar-refractivity contribution in [3.63, 3.8) is 0 Å². The summed E-state index contributed by atoms with van der Waals surface area (Å²) in [4.78, 5) is 33.0. The molecule has 0 unspecified atom stereocenters. The number of benzene rings is 4. The minimum absolute atomic E-state index is 0. The van der Waals surface area contributed by atoms with Crippen molar-refractivity contribution in [1.82, 2.24) is 18.4 Å². The summed E-state index contributed by atoms with van der Waals surface area (Å²) in [6.45, 7) is 13.7. The maximum Gasteiger partial charge on any atom is 0.304 e. The normalized spacial score (nSPS) is 14.4. The van der Waals surface area contributed by atoms with E-state index in [1.54, 1.807) is 59.1 Å². The smallest absolute Gasteiger partial charge is 0.304 e. The lowest BCUT2D eigenvalue weighted by molar-refractivity contribution is -0.137. The lowest BCUT2D eigenvalue weighted by atomic mass is 9.93. The Morgan fingerprint density at radius 2 is 0.934 bits per heavy atom. The van der Waals surface area contributed by atoms with Gasteiger partial charge in [0, 0.05) is 82.5 Å². The van der Waals surface area contributed by atoms with Gasteiger partial charge in [-0.1, -0.05) is 0 Å². The molecule has 2 saturated heterocycles. The van der Waals surface area contributed by atoms with Crippen LogP contribution < -0.4 is 30.3 Å². The summed E-state index contributed by atoms with van der Waals surface area (Å²) in [6.07, 6.45) is 7.47. The van der Waals surface area contributed by atoms with E-state index in [0.29, 0.717) is 39.4 Å². The largest absolute Gasteiger partial charge is 0.497 e. The van der Waals surface area contributed by atoms with Crippen LogP contribution in [-0.4, -0.2) is 161 Å². The van der Waals surface area contributed by atoms with Gasteiger partial charge in [-0.05, 0) is 214 Å². The van der Waals surface area contributed by atoms with E-state index in [2.05, 4.69) is 65.2 Å². The summed E-state index contributed by atoms with van der Waals surface area (Å²) >= 11 is 0. The van der Waals surface area contributed by atoms with Gasteiger partial charge in [-0.2, -0.15) is 0 Å². The summed E-state index contributed by atoms with van der Waals surface area (Å²) in [5, 5.41) is 11.5. The molecule has 4 aromatic rings. The number of anilines is 4. The molecule has 4 aromatic carbocycles. The second kappa shape index (κ2) is 30.7. The first-order chi connectivity index (χ1) is 35.3. The highest BCUT2D eigenvalue weighted by Crippen LogP contribution is 2.31. The highest BCUT2D eigenvalue weighted by molar-refractivity contribution is 7.89. The van der Waals surface area contributed by atoms with Crippen molar-refractivity contribution in [2.45, 2.75) is 88.9 Å². The van der Waals surface area contributed by atoms with Gasteiger partial charge in [0.2, 0.25) is 26.0 Å². The number of nitrogens with two attached hydrogens (primary N) is 1. The Kier molecular flexibility index (Phi) is 26.3. The summed E-state index contributed by atoms with van der Waals surface area (Å²) in [7, 11) is 7.07. The van der Waals surface area contributed by atoms with Gasteiger partial charge in [0.25, 0.3) is 0 Å². The fourth-order valence-corrected chi connectivity index (χ4v) is 12.6. The van der Waals surface area contributed by atoms with E-state index in [9.17, 15) is 26.4 Å². The van der Waals surface area contributed by atoms with Gasteiger partial charge >= 0.3 is 5.97 Å². The van der Waals surface area contributed by atoms with Crippen LogP contribution in [0.1, 0.15) is 73.6 Å². The number of hydrogen-bond acceptors (Lipinski definition) is 13. The minimum atomic E-state index is -3.73. The number of ether oxygens (including phenoxy) is 2. The Balaban J connectivity index is 0.000000329. The summed E-state index contributed by atoms with van der Waals surface area (Å²) < 4.78 is 63.9. The molecular weight excluding hydrogens is 1030 g/mol. The maximum absolute atomic E-state index is 13.2. The molecule has 1 amide bonds. The number of rotatable bonds is 21. The van der Waals surface area contributed by atoms with Crippen molar-refractivity contribution in [2.75, 3.05) is 130 Å². The Morgan fingerprint density at radius 3 is 1.26 bits per heavy atom. The van der Waals surface area contributed by atoms with Crippen LogP contribution in [0, 0.1) is 39.5 Å². The van der Waals surface area contributed by atoms with Gasteiger partial charge < -0.3 is 45.2 Å². The molecule has 76 heavy (non-hydrogen) atoms. The molecule has 0 bridgehead atoms. The van der Waals surface area contributed by atoms with Crippen molar-refractivity contribution in [3.05, 3.63) is 95.1 Å². The first-order valence-corrected chi connectivity index (χ1v) is 28.7. The van der Waals surface area contributed by atoms with E-state index < -0.39 is 26.0 Å². The van der Waals surface area contributed by atoms with Crippen LogP contribution in [0.4, 0.5) is 22.7 Å². The number of methoxy groups -OCH3 is 2. The van der Waals surface area contributed by atoms with E-state index in [0.717, 1.165) is 41.5 Å². The topological polar surface area (TPSA) is 199 Å². The highest BCUT2D eigenvalue weighted by Gasteiger charge is 2.28. The molecule has 0 aromatic heterocycles. The molecule has 0 atom stereocenters. The molecule has 0 spiro atoms. The average molecular weight is 1120 g/mol. The van der Waals surface area contributed by atoms with Crippen molar-refractivity contribution in [2.24, 2.45) is 11.8 Å². The number of nitrogens with one attached hydrogen (secondary N) is 1. The lowest BCUT2D eigenvalue weighted by Crippen LogP contribution is -2.34. The molecule has 6 rings (SSSR count). The standard InChI is InChI=1S/C28H42N4O4S.C15H25N3.C13H19NO5S.ClH/c1-21-19-26(36-6)20-22(2)28(21)37(34,35)31(5)16-14-27(33)29-24-7-9-25(10-8-24)32-17-12-23(13-18-32)11-15-30(3)4;1-17(2)10-7-13-8-11-18(12-9-13)15-5-3-14(16)4-6-15;1-9-7-11(19-4)8-10(2)13(9)20(17,18)14(3)6-5-12(15)16;/h7-10,19-20,23H,11-18H2,1-6H3,(H,29,33);3-6,13H,7-12,16H2,1-2H3;7-8H,5-6H2,1-4H3,(H,15,16);1H. The van der Waals surface area contributed by atoms with E-state index >= 15 is 0 Å². The Hall–Kier alpha value is -5.15. The van der Waals surface area contributed by atoms with Gasteiger partial charge in [-0.3, -0.25) is 9.59 Å². The zero-order valence-corrected chi connectivity index (χ0v) is 49.5. The molecule has 17 nitrogen and oxygen atoms in total. The van der Waals surface area contributed by atoms with Crippen LogP contribution in [0.25, 0.3) is 0 Å². The predicted octanol–water partition coefficient (Wildman–Crippen LogP) is 8.40. The van der Waals surface area contributed by atoms with Gasteiger partial charge in [-0.25, -0.2) is 25.4 Å². The first-order valence-electron chi connectivity index (χ1n) is 25.9. The van der Waals surface area contributed by atoms with Gasteiger partial charge in [0.05, 0.1) is 30.4 Å².